The molecule has 0 aliphatic heterocycles. The lowest BCUT2D eigenvalue weighted by molar-refractivity contribution is 0.286. The minimum Gasteiger partial charge on any atom is -0.485 e. The van der Waals surface area contributed by atoms with Gasteiger partial charge in [-0.2, -0.15) is 0 Å². The highest BCUT2D eigenvalue weighted by molar-refractivity contribution is 8.13. The Morgan fingerprint density at radius 1 is 1.29 bits per heavy atom. The average molecular weight is 329 g/mol. The van der Waals surface area contributed by atoms with E-state index in [9.17, 15) is 8.42 Å². The minimum atomic E-state index is -3.73. The second-order valence-electron chi connectivity index (χ2n) is 4.74. The number of hydrogen-bond acceptors (Lipinski definition) is 4. The second-order valence-corrected chi connectivity index (χ2v) is 7.31. The predicted octanol–water partition coefficient (Wildman–Crippen LogP) is 3.03. The molecule has 2 aromatic rings. The lowest BCUT2D eigenvalue weighted by Gasteiger charge is -2.13. The zero-order chi connectivity index (χ0) is 15.6. The highest BCUT2D eigenvalue weighted by Crippen LogP contribution is 2.28. The first-order chi connectivity index (χ1) is 9.82. The Morgan fingerprint density at radius 3 is 2.43 bits per heavy atom. The summed E-state index contributed by atoms with van der Waals surface area (Å²) in [4.78, 5) is 4.32. The van der Waals surface area contributed by atoms with E-state index in [2.05, 4.69) is 4.98 Å². The number of aromatic nitrogens is 2. The summed E-state index contributed by atoms with van der Waals surface area (Å²) in [5.41, 5.74) is 1.45. The fourth-order valence-electron chi connectivity index (χ4n) is 2.18. The molecule has 0 saturated heterocycles. The molecule has 1 aromatic heterocycles. The van der Waals surface area contributed by atoms with E-state index in [4.69, 9.17) is 15.4 Å². The normalized spacial score (nSPS) is 11.6. The van der Waals surface area contributed by atoms with E-state index in [1.54, 1.807) is 20.0 Å². The van der Waals surface area contributed by atoms with Crippen LogP contribution in [0.1, 0.15) is 23.9 Å². The van der Waals surface area contributed by atoms with Crippen LogP contribution in [-0.2, 0) is 22.2 Å². The Labute approximate surface area is 128 Å². The molecule has 0 saturated carbocycles. The summed E-state index contributed by atoms with van der Waals surface area (Å²) in [5, 5.41) is 0. The monoisotopic (exact) mass is 328 g/mol. The van der Waals surface area contributed by atoms with Crippen LogP contribution in [0.3, 0.4) is 0 Å². The zero-order valence-electron chi connectivity index (χ0n) is 12.1. The van der Waals surface area contributed by atoms with Gasteiger partial charge in [0.05, 0.1) is 4.90 Å². The third-order valence-electron chi connectivity index (χ3n) is 3.20. The van der Waals surface area contributed by atoms with Crippen molar-refractivity contribution in [1.29, 1.82) is 0 Å². The van der Waals surface area contributed by atoms with Gasteiger partial charge in [0.2, 0.25) is 0 Å². The van der Waals surface area contributed by atoms with Crippen molar-refractivity contribution in [1.82, 2.24) is 9.55 Å². The van der Waals surface area contributed by atoms with Crippen LogP contribution in [0.2, 0.25) is 0 Å². The standard InChI is InChI=1S/C14H17ClN2O3S/c1-4-17-6-5-16-13(17)9-20-14-10(2)7-12(8-11(14)3)21(15,18)19/h5-8H,4,9H2,1-3H3. The summed E-state index contributed by atoms with van der Waals surface area (Å²) in [6.07, 6.45) is 3.62. The van der Waals surface area contributed by atoms with Crippen LogP contribution in [0.4, 0.5) is 0 Å². The Kier molecular flexibility index (Phi) is 4.58. The molecule has 0 aliphatic rings. The highest BCUT2D eigenvalue weighted by atomic mass is 35.7. The molecule has 21 heavy (non-hydrogen) atoms. The van der Waals surface area contributed by atoms with Crippen molar-refractivity contribution in [2.45, 2.75) is 38.8 Å². The number of imidazole rings is 1. The Bertz CT molecular complexity index is 730. The summed E-state index contributed by atoms with van der Waals surface area (Å²) in [7, 11) is 1.64. The lowest BCUT2D eigenvalue weighted by atomic mass is 10.1. The topological polar surface area (TPSA) is 61.2 Å². The van der Waals surface area contributed by atoms with Crippen molar-refractivity contribution >= 4 is 19.7 Å². The molecule has 0 fully saturated rings. The average Bonchev–Trinajstić information content (AvgIpc) is 2.84. The molecule has 0 amide bonds. The zero-order valence-corrected chi connectivity index (χ0v) is 13.7. The molecule has 5 nitrogen and oxygen atoms in total. The van der Waals surface area contributed by atoms with Gasteiger partial charge in [0.15, 0.2) is 0 Å². The molecule has 1 heterocycles. The second kappa shape index (κ2) is 6.07. The van der Waals surface area contributed by atoms with Gasteiger partial charge in [-0.1, -0.05) is 0 Å². The van der Waals surface area contributed by atoms with E-state index < -0.39 is 9.05 Å². The van der Waals surface area contributed by atoms with Gasteiger partial charge in [0, 0.05) is 29.6 Å². The summed E-state index contributed by atoms with van der Waals surface area (Å²) in [5.74, 6) is 1.48. The SMILES string of the molecule is CCn1ccnc1COc1c(C)cc(S(=O)(=O)Cl)cc1C. The van der Waals surface area contributed by atoms with E-state index in [0.717, 1.165) is 23.5 Å². The first-order valence-corrected chi connectivity index (χ1v) is 8.82. The van der Waals surface area contributed by atoms with Gasteiger partial charge in [0.25, 0.3) is 9.05 Å². The maximum absolute atomic E-state index is 11.4. The predicted molar refractivity (Wildman–Crippen MR) is 81.2 cm³/mol. The van der Waals surface area contributed by atoms with Gasteiger partial charge in [-0.15, -0.1) is 0 Å². The van der Waals surface area contributed by atoms with E-state index in [1.807, 2.05) is 17.7 Å². The maximum atomic E-state index is 11.4. The van der Waals surface area contributed by atoms with E-state index in [-0.39, 0.29) is 4.90 Å². The molecule has 0 spiro atoms. The van der Waals surface area contributed by atoms with E-state index in [1.165, 1.54) is 12.1 Å². The molecule has 0 radical (unpaired) electrons. The number of ether oxygens (including phenoxy) is 1. The maximum Gasteiger partial charge on any atom is 0.261 e. The van der Waals surface area contributed by atoms with Crippen LogP contribution in [0.15, 0.2) is 29.4 Å². The molecule has 114 valence electrons. The number of nitrogens with zero attached hydrogens (tertiary/aromatic N) is 2. The van der Waals surface area contributed by atoms with Gasteiger partial charge < -0.3 is 9.30 Å². The van der Waals surface area contributed by atoms with Gasteiger partial charge >= 0.3 is 0 Å². The third kappa shape index (κ3) is 3.57. The van der Waals surface area contributed by atoms with Crippen molar-refractivity contribution in [2.75, 3.05) is 0 Å². The van der Waals surface area contributed by atoms with Crippen LogP contribution >= 0.6 is 10.7 Å². The van der Waals surface area contributed by atoms with Crippen molar-refractivity contribution in [3.05, 3.63) is 41.5 Å². The molecule has 0 aliphatic carbocycles. The summed E-state index contributed by atoms with van der Waals surface area (Å²) < 4.78 is 30.6. The third-order valence-corrected chi connectivity index (χ3v) is 4.54. The fraction of sp³-hybridized carbons (Fsp3) is 0.357. The molecule has 0 atom stereocenters. The van der Waals surface area contributed by atoms with Crippen molar-refractivity contribution in [2.24, 2.45) is 0 Å². The molecule has 7 heteroatoms. The number of hydrogen-bond donors (Lipinski definition) is 0. The van der Waals surface area contributed by atoms with E-state index in [0.29, 0.717) is 12.4 Å². The summed E-state index contributed by atoms with van der Waals surface area (Å²) in [6.45, 7) is 6.76. The number of halogens is 1. The highest BCUT2D eigenvalue weighted by Gasteiger charge is 2.15. The quantitative estimate of drug-likeness (QED) is 0.791. The van der Waals surface area contributed by atoms with Gasteiger partial charge in [-0.25, -0.2) is 13.4 Å². The van der Waals surface area contributed by atoms with Crippen molar-refractivity contribution in [3.8, 4) is 5.75 Å². The molecule has 0 unspecified atom stereocenters. The largest absolute Gasteiger partial charge is 0.485 e. The van der Waals surface area contributed by atoms with Gasteiger partial charge in [-0.05, 0) is 44.0 Å². The molecule has 0 bridgehead atoms. The minimum absolute atomic E-state index is 0.0848. The Morgan fingerprint density at radius 2 is 1.90 bits per heavy atom. The molecule has 2 rings (SSSR count). The first kappa shape index (κ1) is 15.9. The number of benzene rings is 1. The first-order valence-electron chi connectivity index (χ1n) is 6.51. The smallest absolute Gasteiger partial charge is 0.261 e. The van der Waals surface area contributed by atoms with Gasteiger partial charge in [-0.3, -0.25) is 0 Å². The van der Waals surface area contributed by atoms with Crippen molar-refractivity contribution in [3.63, 3.8) is 0 Å². The van der Waals surface area contributed by atoms with Crippen LogP contribution in [-0.4, -0.2) is 18.0 Å². The van der Waals surface area contributed by atoms with Crippen LogP contribution in [0, 0.1) is 13.8 Å². The van der Waals surface area contributed by atoms with E-state index >= 15 is 0 Å². The number of rotatable bonds is 5. The van der Waals surface area contributed by atoms with Crippen LogP contribution in [0.5, 0.6) is 5.75 Å². The lowest BCUT2D eigenvalue weighted by Crippen LogP contribution is -2.07. The fourth-order valence-corrected chi connectivity index (χ4v) is 3.09. The number of aryl methyl sites for hydroxylation is 3. The van der Waals surface area contributed by atoms with Crippen molar-refractivity contribution < 1.29 is 13.2 Å². The van der Waals surface area contributed by atoms with Gasteiger partial charge in [0.1, 0.15) is 18.2 Å². The Hall–Kier alpha value is -1.53. The molecule has 1 aromatic carbocycles. The molecular formula is C14H17ClN2O3S. The van der Waals surface area contributed by atoms with Crippen LogP contribution < -0.4 is 4.74 Å². The Balaban J connectivity index is 2.25. The van der Waals surface area contributed by atoms with Crippen LogP contribution in [0.25, 0.3) is 0 Å². The molecule has 0 N–H and O–H groups in total. The summed E-state index contributed by atoms with van der Waals surface area (Å²) >= 11 is 0. The summed E-state index contributed by atoms with van der Waals surface area (Å²) in [6, 6.07) is 3.02. The molecular weight excluding hydrogens is 312 g/mol.